The SMILES string of the molecule is c1ccc(-c2nc(-c3ccccc3)nc(-c3cccc4c3oc3c(-c5ccccn5)cc(-c5ccccn5)cc34)n2)cc1. The number of nitrogens with zero attached hydrogens (tertiary/aromatic N) is 5. The molecule has 0 aliphatic heterocycles. The zero-order chi connectivity index (χ0) is 28.6. The van der Waals surface area contributed by atoms with Crippen LogP contribution in [0.4, 0.5) is 0 Å². The molecule has 0 aliphatic carbocycles. The highest BCUT2D eigenvalue weighted by Crippen LogP contribution is 2.41. The molecule has 4 heterocycles. The second kappa shape index (κ2) is 10.4. The van der Waals surface area contributed by atoms with Crippen molar-refractivity contribution in [2.45, 2.75) is 0 Å². The van der Waals surface area contributed by atoms with Gasteiger partial charge in [-0.25, -0.2) is 15.0 Å². The van der Waals surface area contributed by atoms with Crippen LogP contribution < -0.4 is 0 Å². The van der Waals surface area contributed by atoms with Crippen LogP contribution >= 0.6 is 0 Å². The Labute approximate surface area is 247 Å². The Kier molecular flexibility index (Phi) is 6.01. The molecule has 0 unspecified atom stereocenters. The molecule has 0 aliphatic rings. The van der Waals surface area contributed by atoms with Gasteiger partial charge in [-0.1, -0.05) is 84.9 Å². The number of furan rings is 1. The molecule has 6 nitrogen and oxygen atoms in total. The number of hydrogen-bond acceptors (Lipinski definition) is 6. The van der Waals surface area contributed by atoms with Crippen LogP contribution in [0.3, 0.4) is 0 Å². The fourth-order valence-corrected chi connectivity index (χ4v) is 5.40. The summed E-state index contributed by atoms with van der Waals surface area (Å²) in [6, 6.07) is 42.1. The summed E-state index contributed by atoms with van der Waals surface area (Å²) in [7, 11) is 0. The maximum absolute atomic E-state index is 6.74. The number of hydrogen-bond donors (Lipinski definition) is 0. The van der Waals surface area contributed by atoms with Crippen molar-refractivity contribution < 1.29 is 4.42 Å². The Hall–Kier alpha value is -6.01. The predicted molar refractivity (Wildman–Crippen MR) is 170 cm³/mol. The van der Waals surface area contributed by atoms with Crippen LogP contribution in [0, 0.1) is 0 Å². The predicted octanol–water partition coefficient (Wildman–Crippen LogP) is 8.90. The lowest BCUT2D eigenvalue weighted by atomic mass is 9.99. The first kappa shape index (κ1) is 24.8. The van der Waals surface area contributed by atoms with E-state index in [1.807, 2.05) is 109 Å². The molecule has 0 spiro atoms. The van der Waals surface area contributed by atoms with E-state index in [0.29, 0.717) is 23.1 Å². The highest BCUT2D eigenvalue weighted by Gasteiger charge is 2.21. The smallest absolute Gasteiger partial charge is 0.167 e. The molecule has 43 heavy (non-hydrogen) atoms. The Morgan fingerprint density at radius 2 is 0.977 bits per heavy atom. The molecular weight excluding hydrogens is 530 g/mol. The van der Waals surface area contributed by atoms with E-state index in [4.69, 9.17) is 19.4 Å². The third-order valence-corrected chi connectivity index (χ3v) is 7.44. The summed E-state index contributed by atoms with van der Waals surface area (Å²) in [6.45, 7) is 0. The van der Waals surface area contributed by atoms with Gasteiger partial charge in [-0.3, -0.25) is 9.97 Å². The minimum absolute atomic E-state index is 0.543. The van der Waals surface area contributed by atoms with E-state index in [-0.39, 0.29) is 0 Å². The largest absolute Gasteiger partial charge is 0.455 e. The summed E-state index contributed by atoms with van der Waals surface area (Å²) in [5.74, 6) is 1.75. The van der Waals surface area contributed by atoms with Crippen LogP contribution in [0.15, 0.2) is 144 Å². The molecule has 0 saturated heterocycles. The van der Waals surface area contributed by atoms with Crippen molar-refractivity contribution in [3.05, 3.63) is 140 Å². The van der Waals surface area contributed by atoms with Crippen LogP contribution in [-0.2, 0) is 0 Å². The Balaban J connectivity index is 1.40. The number of pyridine rings is 2. The van der Waals surface area contributed by atoms with Gasteiger partial charge < -0.3 is 4.42 Å². The summed E-state index contributed by atoms with van der Waals surface area (Å²) in [5, 5.41) is 1.94. The van der Waals surface area contributed by atoms with E-state index in [2.05, 4.69) is 28.2 Å². The van der Waals surface area contributed by atoms with Crippen LogP contribution in [0.5, 0.6) is 0 Å². The third-order valence-electron chi connectivity index (χ3n) is 7.44. The van der Waals surface area contributed by atoms with Gasteiger partial charge in [-0.05, 0) is 42.5 Å². The highest BCUT2D eigenvalue weighted by molar-refractivity contribution is 6.13. The molecule has 0 radical (unpaired) electrons. The molecular formula is C37H23N5O. The van der Waals surface area contributed by atoms with Gasteiger partial charge in [0.25, 0.3) is 0 Å². The number of para-hydroxylation sites is 1. The first-order valence-corrected chi connectivity index (χ1v) is 14.0. The van der Waals surface area contributed by atoms with Crippen LogP contribution in [0.1, 0.15) is 0 Å². The molecule has 4 aromatic carbocycles. The second-order valence-corrected chi connectivity index (χ2v) is 10.2. The molecule has 0 bridgehead atoms. The van der Waals surface area contributed by atoms with Crippen molar-refractivity contribution in [1.29, 1.82) is 0 Å². The molecule has 0 N–H and O–H groups in total. The van der Waals surface area contributed by atoms with Gasteiger partial charge in [-0.15, -0.1) is 0 Å². The fraction of sp³-hybridized carbons (Fsp3) is 0. The maximum atomic E-state index is 6.74. The van der Waals surface area contributed by atoms with Crippen molar-refractivity contribution in [3.63, 3.8) is 0 Å². The quantitative estimate of drug-likeness (QED) is 0.212. The summed E-state index contributed by atoms with van der Waals surface area (Å²) in [4.78, 5) is 24.1. The zero-order valence-electron chi connectivity index (χ0n) is 22.9. The number of benzene rings is 4. The van der Waals surface area contributed by atoms with Gasteiger partial charge >= 0.3 is 0 Å². The highest BCUT2D eigenvalue weighted by atomic mass is 16.3. The topological polar surface area (TPSA) is 77.6 Å². The average Bonchev–Trinajstić information content (AvgIpc) is 3.48. The van der Waals surface area contributed by atoms with Crippen LogP contribution in [-0.4, -0.2) is 24.9 Å². The lowest BCUT2D eigenvalue weighted by molar-refractivity contribution is 0.670. The number of rotatable bonds is 5. The summed E-state index contributed by atoms with van der Waals surface area (Å²) < 4.78 is 6.74. The van der Waals surface area contributed by atoms with Gasteiger partial charge in [0.05, 0.1) is 17.0 Å². The molecule has 4 aromatic heterocycles. The third kappa shape index (κ3) is 4.51. The van der Waals surface area contributed by atoms with Gasteiger partial charge in [0, 0.05) is 45.4 Å². The molecule has 0 fully saturated rings. The van der Waals surface area contributed by atoms with Crippen molar-refractivity contribution in [2.75, 3.05) is 0 Å². The van der Waals surface area contributed by atoms with E-state index in [1.165, 1.54) is 0 Å². The van der Waals surface area contributed by atoms with E-state index < -0.39 is 0 Å². The maximum Gasteiger partial charge on any atom is 0.167 e. The monoisotopic (exact) mass is 553 g/mol. The average molecular weight is 554 g/mol. The normalized spacial score (nSPS) is 11.3. The van der Waals surface area contributed by atoms with Gasteiger partial charge in [0.1, 0.15) is 11.2 Å². The van der Waals surface area contributed by atoms with Crippen molar-refractivity contribution >= 4 is 21.9 Å². The molecule has 0 saturated carbocycles. The first-order chi connectivity index (χ1) is 21.3. The minimum atomic E-state index is 0.543. The fourth-order valence-electron chi connectivity index (χ4n) is 5.40. The van der Waals surface area contributed by atoms with Gasteiger partial charge in [0.2, 0.25) is 0 Å². The van der Waals surface area contributed by atoms with Crippen molar-refractivity contribution in [2.24, 2.45) is 0 Å². The lowest BCUT2D eigenvalue weighted by Crippen LogP contribution is -2.00. The Morgan fingerprint density at radius 1 is 0.395 bits per heavy atom. The second-order valence-electron chi connectivity index (χ2n) is 10.2. The molecule has 8 aromatic rings. The standard InChI is InChI=1S/C37H23N5O/c1-3-12-24(13-4-1)35-40-36(25-14-5-2-6-15-25)42-37(41-35)28-17-11-16-27-29-22-26(31-18-7-9-20-38-31)23-30(34(29)43-33(27)28)32-19-8-10-21-39-32/h1-23H. The molecule has 6 heteroatoms. The zero-order valence-corrected chi connectivity index (χ0v) is 22.9. The van der Waals surface area contributed by atoms with E-state index >= 15 is 0 Å². The van der Waals surface area contributed by atoms with E-state index in [0.717, 1.165) is 55.6 Å². The van der Waals surface area contributed by atoms with E-state index in [9.17, 15) is 0 Å². The summed E-state index contributed by atoms with van der Waals surface area (Å²) >= 11 is 0. The molecule has 0 amide bonds. The Bertz CT molecular complexity index is 2160. The molecule has 8 rings (SSSR count). The molecule has 202 valence electrons. The first-order valence-electron chi connectivity index (χ1n) is 14.0. The summed E-state index contributed by atoms with van der Waals surface area (Å²) in [6.07, 6.45) is 3.60. The summed E-state index contributed by atoms with van der Waals surface area (Å²) in [5.41, 5.74) is 7.66. The minimum Gasteiger partial charge on any atom is -0.455 e. The lowest BCUT2D eigenvalue weighted by Gasteiger charge is -2.08. The molecule has 0 atom stereocenters. The van der Waals surface area contributed by atoms with E-state index in [1.54, 1.807) is 12.4 Å². The van der Waals surface area contributed by atoms with Gasteiger partial charge in [-0.2, -0.15) is 0 Å². The number of fused-ring (bicyclic) bond motifs is 3. The van der Waals surface area contributed by atoms with Crippen LogP contribution in [0.25, 0.3) is 78.6 Å². The van der Waals surface area contributed by atoms with Crippen molar-refractivity contribution in [3.8, 4) is 56.7 Å². The van der Waals surface area contributed by atoms with Gasteiger partial charge in [0.15, 0.2) is 17.5 Å². The van der Waals surface area contributed by atoms with Crippen LogP contribution in [0.2, 0.25) is 0 Å². The number of aromatic nitrogens is 5. The van der Waals surface area contributed by atoms with Crippen molar-refractivity contribution in [1.82, 2.24) is 24.9 Å². The Morgan fingerprint density at radius 3 is 1.60 bits per heavy atom.